The summed E-state index contributed by atoms with van der Waals surface area (Å²) in [6.45, 7) is 1.98. The lowest BCUT2D eigenvalue weighted by Crippen LogP contribution is -2.35. The summed E-state index contributed by atoms with van der Waals surface area (Å²) in [5.74, 6) is 0.500. The molecule has 1 aliphatic rings. The van der Waals surface area contributed by atoms with Crippen LogP contribution in [-0.4, -0.2) is 42.9 Å². The van der Waals surface area contributed by atoms with E-state index in [-0.39, 0.29) is 24.2 Å². The normalized spacial score (nSPS) is 16.7. The lowest BCUT2D eigenvalue weighted by molar-refractivity contribution is -0.275. The van der Waals surface area contributed by atoms with E-state index in [2.05, 4.69) is 10.1 Å². The Morgan fingerprint density at radius 1 is 1.03 bits per heavy atom. The van der Waals surface area contributed by atoms with E-state index < -0.39 is 6.36 Å². The maximum atomic E-state index is 12.6. The van der Waals surface area contributed by atoms with Crippen molar-refractivity contribution >= 4 is 5.91 Å². The molecule has 8 heteroatoms. The Bertz CT molecular complexity index is 815. The van der Waals surface area contributed by atoms with Crippen molar-refractivity contribution in [3.05, 3.63) is 60.2 Å². The van der Waals surface area contributed by atoms with Gasteiger partial charge in [0.2, 0.25) is 5.91 Å². The van der Waals surface area contributed by atoms with Crippen molar-refractivity contribution in [1.29, 1.82) is 0 Å². The number of rotatable bonds is 10. The van der Waals surface area contributed by atoms with Crippen LogP contribution in [0.3, 0.4) is 0 Å². The molecule has 1 atom stereocenters. The van der Waals surface area contributed by atoms with Gasteiger partial charge in [0.1, 0.15) is 18.1 Å². The van der Waals surface area contributed by atoms with Crippen LogP contribution >= 0.6 is 0 Å². The Morgan fingerprint density at radius 2 is 1.77 bits per heavy atom. The Kier molecular flexibility index (Phi) is 7.57. The molecule has 0 aliphatic carbocycles. The molecule has 1 N–H and O–H groups in total. The molecule has 0 saturated carbocycles. The van der Waals surface area contributed by atoms with Crippen molar-refractivity contribution in [3.63, 3.8) is 0 Å². The predicted octanol–water partition coefficient (Wildman–Crippen LogP) is 4.13. The number of para-hydroxylation sites is 2. The molecule has 0 bridgehead atoms. The highest BCUT2D eigenvalue weighted by molar-refractivity contribution is 5.78. The van der Waals surface area contributed by atoms with E-state index in [1.807, 2.05) is 30.3 Å². The molecule has 30 heavy (non-hydrogen) atoms. The van der Waals surface area contributed by atoms with Gasteiger partial charge in [-0.1, -0.05) is 36.4 Å². The number of hydrogen-bond donors (Lipinski definition) is 1. The number of nitrogens with zero attached hydrogens (tertiary/aromatic N) is 1. The number of benzene rings is 2. The zero-order valence-electron chi connectivity index (χ0n) is 16.5. The van der Waals surface area contributed by atoms with Gasteiger partial charge >= 0.3 is 6.36 Å². The Labute approximate surface area is 173 Å². The van der Waals surface area contributed by atoms with E-state index in [0.29, 0.717) is 38.1 Å². The van der Waals surface area contributed by atoms with E-state index >= 15 is 0 Å². The minimum atomic E-state index is -4.77. The second-order valence-electron chi connectivity index (χ2n) is 7.07. The van der Waals surface area contributed by atoms with Crippen molar-refractivity contribution in [2.24, 2.45) is 0 Å². The highest BCUT2D eigenvalue weighted by Gasteiger charge is 2.34. The molecule has 5 nitrogen and oxygen atoms in total. The van der Waals surface area contributed by atoms with Gasteiger partial charge in [0.15, 0.2) is 0 Å². The zero-order valence-corrected chi connectivity index (χ0v) is 16.5. The van der Waals surface area contributed by atoms with Crippen LogP contribution in [0.4, 0.5) is 13.2 Å². The van der Waals surface area contributed by atoms with Gasteiger partial charge in [-0.2, -0.15) is 0 Å². The molecule has 162 valence electrons. The summed E-state index contributed by atoms with van der Waals surface area (Å²) in [6.07, 6.45) is -2.94. The number of carbonyl (C=O) groups excluding carboxylic acids is 1. The number of ether oxygens (including phenoxy) is 2. The Morgan fingerprint density at radius 3 is 2.53 bits per heavy atom. The molecule has 0 aromatic heterocycles. The summed E-state index contributed by atoms with van der Waals surface area (Å²) < 4.78 is 47.7. The van der Waals surface area contributed by atoms with Gasteiger partial charge in [-0.05, 0) is 37.6 Å². The van der Waals surface area contributed by atoms with Gasteiger partial charge < -0.3 is 19.7 Å². The van der Waals surface area contributed by atoms with Crippen LogP contribution in [0.1, 0.15) is 24.8 Å². The molecule has 1 amide bonds. The molecule has 1 fully saturated rings. The van der Waals surface area contributed by atoms with E-state index in [1.54, 1.807) is 17.0 Å². The van der Waals surface area contributed by atoms with Crippen LogP contribution < -0.4 is 14.8 Å². The van der Waals surface area contributed by atoms with Crippen LogP contribution in [0.15, 0.2) is 54.6 Å². The van der Waals surface area contributed by atoms with E-state index in [9.17, 15) is 18.0 Å². The predicted molar refractivity (Wildman–Crippen MR) is 106 cm³/mol. The summed E-state index contributed by atoms with van der Waals surface area (Å²) >= 11 is 0. The highest BCUT2D eigenvalue weighted by Crippen LogP contribution is 2.30. The quantitative estimate of drug-likeness (QED) is 0.585. The maximum Gasteiger partial charge on any atom is 0.573 e. The summed E-state index contributed by atoms with van der Waals surface area (Å²) in [5.41, 5.74) is 0.347. The van der Waals surface area contributed by atoms with Crippen molar-refractivity contribution in [2.45, 2.75) is 38.2 Å². The minimum Gasteiger partial charge on any atom is -0.492 e. The van der Waals surface area contributed by atoms with Crippen molar-refractivity contribution in [1.82, 2.24) is 10.2 Å². The molecular formula is C22H25F3N2O3. The first-order chi connectivity index (χ1) is 14.4. The van der Waals surface area contributed by atoms with Gasteiger partial charge in [0, 0.05) is 31.1 Å². The molecule has 1 saturated heterocycles. The van der Waals surface area contributed by atoms with Gasteiger partial charge in [-0.3, -0.25) is 4.79 Å². The van der Waals surface area contributed by atoms with Crippen LogP contribution in [0.2, 0.25) is 0 Å². The largest absolute Gasteiger partial charge is 0.573 e. The van der Waals surface area contributed by atoms with Crippen LogP contribution in [0.25, 0.3) is 0 Å². The first-order valence-electron chi connectivity index (χ1n) is 9.94. The fourth-order valence-electron chi connectivity index (χ4n) is 3.50. The van der Waals surface area contributed by atoms with E-state index in [0.717, 1.165) is 12.2 Å². The number of halogens is 3. The monoisotopic (exact) mass is 422 g/mol. The second kappa shape index (κ2) is 10.3. The zero-order chi connectivity index (χ0) is 21.4. The molecule has 0 unspecified atom stereocenters. The number of likely N-dealkylation sites (tertiary alicyclic amines) is 1. The van der Waals surface area contributed by atoms with Crippen LogP contribution in [0.5, 0.6) is 11.5 Å². The first-order valence-corrected chi connectivity index (χ1v) is 9.94. The average molecular weight is 422 g/mol. The third kappa shape index (κ3) is 6.66. The fraction of sp³-hybridized carbons (Fsp3) is 0.409. The number of hydrogen-bond acceptors (Lipinski definition) is 4. The van der Waals surface area contributed by atoms with Crippen LogP contribution in [0, 0.1) is 0 Å². The van der Waals surface area contributed by atoms with Gasteiger partial charge in [-0.15, -0.1) is 13.2 Å². The maximum absolute atomic E-state index is 12.6. The number of carbonyl (C=O) groups is 1. The molecule has 0 radical (unpaired) electrons. The van der Waals surface area contributed by atoms with Crippen LogP contribution in [-0.2, 0) is 11.3 Å². The molecule has 2 aromatic rings. The molecule has 1 aliphatic heterocycles. The summed E-state index contributed by atoms with van der Waals surface area (Å²) in [6, 6.07) is 15.5. The summed E-state index contributed by atoms with van der Waals surface area (Å²) in [7, 11) is 0. The number of nitrogens with one attached hydrogen (secondary N) is 1. The topological polar surface area (TPSA) is 50.8 Å². The minimum absolute atomic E-state index is 0.0148. The second-order valence-corrected chi connectivity index (χ2v) is 7.07. The molecule has 3 rings (SSSR count). The van der Waals surface area contributed by atoms with Gasteiger partial charge in [-0.25, -0.2) is 0 Å². The fourth-order valence-corrected chi connectivity index (χ4v) is 3.50. The Balaban J connectivity index is 1.47. The van der Waals surface area contributed by atoms with Crippen molar-refractivity contribution in [3.8, 4) is 11.5 Å². The first kappa shape index (κ1) is 22.0. The Hall–Kier alpha value is -2.74. The number of alkyl halides is 3. The molecule has 2 aromatic carbocycles. The SMILES string of the molecule is O=C1CC[C@H](CCNCCOc2ccccc2)N1Cc1ccccc1OC(F)(F)F. The summed E-state index contributed by atoms with van der Waals surface area (Å²) in [5, 5.41) is 3.29. The third-order valence-corrected chi connectivity index (χ3v) is 4.94. The average Bonchev–Trinajstić information content (AvgIpc) is 3.05. The lowest BCUT2D eigenvalue weighted by atomic mass is 10.1. The molecular weight excluding hydrogens is 397 g/mol. The molecule has 1 heterocycles. The highest BCUT2D eigenvalue weighted by atomic mass is 19.4. The number of amides is 1. The van der Waals surface area contributed by atoms with Gasteiger partial charge in [0.05, 0.1) is 0 Å². The van der Waals surface area contributed by atoms with E-state index in [4.69, 9.17) is 4.74 Å². The smallest absolute Gasteiger partial charge is 0.492 e. The van der Waals surface area contributed by atoms with E-state index in [1.165, 1.54) is 12.1 Å². The lowest BCUT2D eigenvalue weighted by Gasteiger charge is -2.26. The third-order valence-electron chi connectivity index (χ3n) is 4.94. The summed E-state index contributed by atoms with van der Waals surface area (Å²) in [4.78, 5) is 14.0. The standard InChI is InChI=1S/C22H25F3N2O3/c23-22(24,25)30-20-9-5-4-6-17(20)16-27-18(10-11-21(27)28)12-13-26-14-15-29-19-7-2-1-3-8-19/h1-9,18,26H,10-16H2/t18-/m1/s1. The van der Waals surface area contributed by atoms with Crippen molar-refractivity contribution in [2.75, 3.05) is 19.7 Å². The molecule has 0 spiro atoms. The van der Waals surface area contributed by atoms with Crippen molar-refractivity contribution < 1.29 is 27.4 Å². The van der Waals surface area contributed by atoms with Gasteiger partial charge in [0.25, 0.3) is 0 Å².